The molecular weight excluding hydrogens is 120 g/mol. The molecule has 1 rings (SSSR count). The van der Waals surface area contributed by atoms with Crippen LogP contribution in [-0.2, 0) is 0 Å². The number of nitrogens with one attached hydrogen (secondary N) is 2. The molecule has 0 aromatic carbocycles. The van der Waals surface area contributed by atoms with Gasteiger partial charge in [0.15, 0.2) is 0 Å². The highest BCUT2D eigenvalue weighted by atomic mass is 16.2. The van der Waals surface area contributed by atoms with Gasteiger partial charge >= 0.3 is 5.69 Å². The highest BCUT2D eigenvalue weighted by molar-refractivity contribution is 4.96. The Kier molecular flexibility index (Phi) is 1.22. The lowest BCUT2D eigenvalue weighted by molar-refractivity contribution is 0.999. The summed E-state index contributed by atoms with van der Waals surface area (Å²) >= 11 is 0. The fourth-order valence-corrected chi connectivity index (χ4v) is 0.435. The Hall–Kier alpha value is -1.32. The van der Waals surface area contributed by atoms with Crippen LogP contribution in [0.15, 0.2) is 9.59 Å². The Bertz CT molecular complexity index is 309. The molecule has 0 amide bonds. The fourth-order valence-electron chi connectivity index (χ4n) is 0.435. The number of H-pyrrole nitrogens is 2. The fraction of sp³-hybridized carbons (Fsp3) is 0.200. The quantitative estimate of drug-likeness (QED) is 0.475. The molecule has 0 unspecified atom stereocenters. The van der Waals surface area contributed by atoms with E-state index in [2.05, 4.69) is 11.2 Å². The monoisotopic (exact) mass is 125 g/mol. The van der Waals surface area contributed by atoms with E-state index in [0.29, 0.717) is 5.56 Å². The summed E-state index contributed by atoms with van der Waals surface area (Å²) in [6, 6.07) is 0. The topological polar surface area (TPSA) is 65.7 Å². The van der Waals surface area contributed by atoms with E-state index in [1.165, 1.54) is 0 Å². The normalized spacial score (nSPS) is 9.44. The van der Waals surface area contributed by atoms with Gasteiger partial charge < -0.3 is 4.98 Å². The molecule has 0 spiro atoms. The summed E-state index contributed by atoms with van der Waals surface area (Å²) in [6.07, 6.45) is 2.39. The van der Waals surface area contributed by atoms with Gasteiger partial charge in [0.25, 0.3) is 5.56 Å². The van der Waals surface area contributed by atoms with Gasteiger partial charge in [-0.2, -0.15) is 0 Å². The summed E-state index contributed by atoms with van der Waals surface area (Å²) in [5, 5.41) is 0. The summed E-state index contributed by atoms with van der Waals surface area (Å²) < 4.78 is 0. The first kappa shape index (κ1) is 5.81. The third kappa shape index (κ3) is 1.07. The average Bonchev–Trinajstić information content (AvgIpc) is 1.80. The summed E-state index contributed by atoms with van der Waals surface area (Å²) in [5.41, 5.74) is -0.529. The first-order chi connectivity index (χ1) is 4.20. The van der Waals surface area contributed by atoms with Crippen LogP contribution in [0.1, 0.15) is 5.56 Å². The lowest BCUT2D eigenvalue weighted by Gasteiger charge is -1.83. The van der Waals surface area contributed by atoms with Gasteiger partial charge in [0.05, 0.1) is 6.20 Å². The molecule has 4 nitrogen and oxygen atoms in total. The van der Waals surface area contributed by atoms with Crippen molar-refractivity contribution in [2.75, 3.05) is 0 Å². The van der Waals surface area contributed by atoms with Crippen LogP contribution in [0.2, 0.25) is 0 Å². The minimum Gasteiger partial charge on any atom is -0.305 e. The van der Waals surface area contributed by atoms with Crippen LogP contribution in [0.5, 0.6) is 0 Å². The molecule has 0 atom stereocenters. The Morgan fingerprint density at radius 2 is 2.11 bits per heavy atom. The van der Waals surface area contributed by atoms with Gasteiger partial charge in [-0.15, -0.1) is 0 Å². The molecule has 0 aliphatic rings. The van der Waals surface area contributed by atoms with E-state index in [1.807, 2.05) is 4.98 Å². The summed E-state index contributed by atoms with van der Waals surface area (Å²) in [6.45, 7) is 1.56. The number of aromatic amines is 2. The van der Waals surface area contributed by atoms with Gasteiger partial charge in [0, 0.05) is 5.56 Å². The molecule has 1 radical (unpaired) electrons. The van der Waals surface area contributed by atoms with Crippen molar-refractivity contribution >= 4 is 0 Å². The maximum absolute atomic E-state index is 10.5. The summed E-state index contributed by atoms with van der Waals surface area (Å²) in [4.78, 5) is 25.1. The van der Waals surface area contributed by atoms with E-state index < -0.39 is 11.2 Å². The van der Waals surface area contributed by atoms with E-state index >= 15 is 0 Å². The zero-order valence-electron chi connectivity index (χ0n) is 4.82. The van der Waals surface area contributed by atoms with Crippen LogP contribution >= 0.6 is 0 Å². The predicted molar refractivity (Wildman–Crippen MR) is 31.3 cm³/mol. The molecule has 9 heavy (non-hydrogen) atoms. The van der Waals surface area contributed by atoms with Crippen LogP contribution in [0.4, 0.5) is 0 Å². The summed E-state index contributed by atoms with van der Waals surface area (Å²) in [7, 11) is 0. The third-order valence-electron chi connectivity index (χ3n) is 0.931. The van der Waals surface area contributed by atoms with Crippen molar-refractivity contribution in [3.05, 3.63) is 32.6 Å². The predicted octanol–water partition coefficient (Wildman–Crippen LogP) is -0.828. The van der Waals surface area contributed by atoms with Crippen LogP contribution in [0.3, 0.4) is 0 Å². The molecule has 0 saturated heterocycles. The van der Waals surface area contributed by atoms with Gasteiger partial charge in [-0.05, 0) is 6.92 Å². The minimum atomic E-state index is -0.523. The van der Waals surface area contributed by atoms with Crippen molar-refractivity contribution in [2.24, 2.45) is 0 Å². The maximum atomic E-state index is 10.5. The number of aryl methyl sites for hydroxylation is 1. The second kappa shape index (κ2) is 1.89. The third-order valence-corrected chi connectivity index (χ3v) is 0.931. The minimum absolute atomic E-state index is 0.384. The van der Waals surface area contributed by atoms with E-state index in [-0.39, 0.29) is 0 Å². The van der Waals surface area contributed by atoms with Crippen molar-refractivity contribution in [1.82, 2.24) is 9.97 Å². The molecule has 1 aromatic rings. The molecule has 1 heterocycles. The number of rotatable bonds is 0. The van der Waals surface area contributed by atoms with Crippen molar-refractivity contribution in [2.45, 2.75) is 6.92 Å². The van der Waals surface area contributed by atoms with Gasteiger partial charge in [-0.25, -0.2) is 4.79 Å². The largest absolute Gasteiger partial charge is 0.326 e. The van der Waals surface area contributed by atoms with Gasteiger partial charge in [0.2, 0.25) is 0 Å². The van der Waals surface area contributed by atoms with Crippen molar-refractivity contribution in [1.29, 1.82) is 0 Å². The van der Waals surface area contributed by atoms with Crippen LogP contribution in [-0.4, -0.2) is 9.97 Å². The van der Waals surface area contributed by atoms with Crippen molar-refractivity contribution in [3.63, 3.8) is 0 Å². The van der Waals surface area contributed by atoms with E-state index in [1.54, 1.807) is 6.92 Å². The molecule has 47 valence electrons. The highest BCUT2D eigenvalue weighted by Crippen LogP contribution is 1.71. The van der Waals surface area contributed by atoms with E-state index in [0.717, 1.165) is 0 Å². The highest BCUT2D eigenvalue weighted by Gasteiger charge is 1.89. The van der Waals surface area contributed by atoms with Gasteiger partial charge in [-0.1, -0.05) is 0 Å². The van der Waals surface area contributed by atoms with Crippen LogP contribution in [0.25, 0.3) is 0 Å². The number of aromatic nitrogens is 2. The van der Waals surface area contributed by atoms with E-state index in [9.17, 15) is 9.59 Å². The maximum Gasteiger partial charge on any atom is 0.326 e. The molecule has 0 aliphatic carbocycles. The molecule has 0 bridgehead atoms. The summed E-state index contributed by atoms with van der Waals surface area (Å²) in [5.74, 6) is 0. The zero-order valence-corrected chi connectivity index (χ0v) is 4.82. The number of hydrogen-bond donors (Lipinski definition) is 2. The molecular formula is C5H5N2O2. The van der Waals surface area contributed by atoms with E-state index in [4.69, 9.17) is 0 Å². The molecule has 0 aliphatic heterocycles. The molecule has 0 saturated carbocycles. The van der Waals surface area contributed by atoms with Gasteiger partial charge in [0.1, 0.15) is 0 Å². The zero-order chi connectivity index (χ0) is 6.85. The first-order valence-electron chi connectivity index (χ1n) is 2.41. The lowest BCUT2D eigenvalue weighted by Crippen LogP contribution is -2.22. The molecule has 1 aromatic heterocycles. The lowest BCUT2D eigenvalue weighted by atomic mass is 10.4. The van der Waals surface area contributed by atoms with Crippen molar-refractivity contribution in [3.8, 4) is 0 Å². The second-order valence-electron chi connectivity index (χ2n) is 1.66. The number of hydrogen-bond acceptors (Lipinski definition) is 2. The Balaban J connectivity index is 3.52. The molecule has 0 fully saturated rings. The van der Waals surface area contributed by atoms with Crippen LogP contribution in [0, 0.1) is 13.1 Å². The van der Waals surface area contributed by atoms with Crippen molar-refractivity contribution < 1.29 is 0 Å². The Morgan fingerprint density at radius 3 is 2.56 bits per heavy atom. The smallest absolute Gasteiger partial charge is 0.305 e. The van der Waals surface area contributed by atoms with Crippen LogP contribution < -0.4 is 11.2 Å². The Morgan fingerprint density at radius 1 is 1.44 bits per heavy atom. The Labute approximate surface area is 50.6 Å². The first-order valence-corrected chi connectivity index (χ1v) is 2.41. The molecule has 2 N–H and O–H groups in total. The average molecular weight is 125 g/mol. The molecule has 4 heteroatoms. The standard InChI is InChI=1S/C5H5N2O2/c1-3-2-6-5(9)7-4(3)8/h1H3,(H2,6,7,8,9). The van der Waals surface area contributed by atoms with Gasteiger partial charge in [-0.3, -0.25) is 9.78 Å². The second-order valence-corrected chi connectivity index (χ2v) is 1.66. The SMILES string of the molecule is Cc1[c][nH]c(=O)[nH]c1=O.